The topological polar surface area (TPSA) is 108 Å². The summed E-state index contributed by atoms with van der Waals surface area (Å²) in [5.74, 6) is -0.803. The average molecular weight is 996 g/mol. The molecule has 0 aromatic heterocycles. The number of hydrogen-bond donors (Lipinski definition) is 1. The summed E-state index contributed by atoms with van der Waals surface area (Å²) in [5.41, 5.74) is 0. The zero-order valence-corrected chi connectivity index (χ0v) is 47.0. The Labute approximate surface area is 427 Å². The number of phosphoric acid groups is 1. The lowest BCUT2D eigenvalue weighted by Crippen LogP contribution is -2.37. The van der Waals surface area contributed by atoms with Crippen molar-refractivity contribution in [3.05, 3.63) is 36.5 Å². The molecule has 69 heavy (non-hydrogen) atoms. The van der Waals surface area contributed by atoms with Crippen LogP contribution in [0.4, 0.5) is 0 Å². The molecule has 0 aromatic rings. The van der Waals surface area contributed by atoms with Crippen molar-refractivity contribution in [1.82, 2.24) is 0 Å². The van der Waals surface area contributed by atoms with Gasteiger partial charge in [-0.2, -0.15) is 0 Å². The molecule has 0 bridgehead atoms. The molecule has 0 aliphatic carbocycles. The molecule has 0 amide bonds. The lowest BCUT2D eigenvalue weighted by Gasteiger charge is -2.24. The fourth-order valence-corrected chi connectivity index (χ4v) is 9.06. The molecule has 0 aromatic carbocycles. The number of quaternary nitrogens is 1. The van der Waals surface area contributed by atoms with E-state index in [0.29, 0.717) is 17.4 Å². The molecule has 0 fully saturated rings. The molecule has 0 saturated carbocycles. The van der Waals surface area contributed by atoms with Crippen LogP contribution >= 0.6 is 7.82 Å². The van der Waals surface area contributed by atoms with Crippen molar-refractivity contribution in [3.8, 4) is 0 Å². The van der Waals surface area contributed by atoms with Gasteiger partial charge >= 0.3 is 19.8 Å². The first-order valence-electron chi connectivity index (χ1n) is 29.2. The maximum atomic E-state index is 12.7. The summed E-state index contributed by atoms with van der Waals surface area (Å²) in [4.78, 5) is 35.6. The van der Waals surface area contributed by atoms with Crippen LogP contribution in [0.25, 0.3) is 0 Å². The Morgan fingerprint density at radius 3 is 1.20 bits per heavy atom. The fraction of sp³-hybridized carbons (Fsp3) is 0.864. The monoisotopic (exact) mass is 995 g/mol. The third-order valence-electron chi connectivity index (χ3n) is 12.9. The summed E-state index contributed by atoms with van der Waals surface area (Å²) in [6.07, 6.45) is 62.3. The van der Waals surface area contributed by atoms with Crippen LogP contribution in [0.5, 0.6) is 0 Å². The molecule has 10 heteroatoms. The van der Waals surface area contributed by atoms with Crippen LogP contribution in [0.3, 0.4) is 0 Å². The van der Waals surface area contributed by atoms with E-state index in [4.69, 9.17) is 18.5 Å². The van der Waals surface area contributed by atoms with Crippen molar-refractivity contribution in [1.29, 1.82) is 0 Å². The predicted molar refractivity (Wildman–Crippen MR) is 294 cm³/mol. The number of rotatable bonds is 54. The maximum absolute atomic E-state index is 12.7. The number of esters is 2. The molecule has 406 valence electrons. The van der Waals surface area contributed by atoms with Gasteiger partial charge in [0.2, 0.25) is 0 Å². The highest BCUT2D eigenvalue weighted by Crippen LogP contribution is 2.43. The Morgan fingerprint density at radius 1 is 0.449 bits per heavy atom. The van der Waals surface area contributed by atoms with Gasteiger partial charge < -0.3 is 18.9 Å². The number of unbranched alkanes of at least 4 members (excludes halogenated alkanes) is 34. The van der Waals surface area contributed by atoms with Gasteiger partial charge in [-0.15, -0.1) is 0 Å². The summed E-state index contributed by atoms with van der Waals surface area (Å²) in [5, 5.41) is 0. The smallest absolute Gasteiger partial charge is 0.462 e. The molecule has 0 aliphatic rings. The zero-order valence-electron chi connectivity index (χ0n) is 46.1. The molecule has 0 saturated heterocycles. The van der Waals surface area contributed by atoms with E-state index in [0.717, 1.165) is 64.2 Å². The lowest BCUT2D eigenvalue weighted by atomic mass is 10.0. The number of carbonyl (C=O) groups is 2. The zero-order chi connectivity index (χ0) is 50.6. The molecule has 0 spiro atoms. The molecule has 2 unspecified atom stereocenters. The molecule has 1 N–H and O–H groups in total. The van der Waals surface area contributed by atoms with Gasteiger partial charge in [-0.25, -0.2) is 4.57 Å². The minimum Gasteiger partial charge on any atom is -0.462 e. The minimum atomic E-state index is -4.38. The molecular weight excluding hydrogens is 882 g/mol. The van der Waals surface area contributed by atoms with Gasteiger partial charge in [0.25, 0.3) is 0 Å². The van der Waals surface area contributed by atoms with E-state index < -0.39 is 26.5 Å². The largest absolute Gasteiger partial charge is 0.472 e. The molecule has 0 radical (unpaired) electrons. The number of ether oxygens (including phenoxy) is 2. The van der Waals surface area contributed by atoms with E-state index in [1.54, 1.807) is 0 Å². The highest BCUT2D eigenvalue weighted by molar-refractivity contribution is 7.47. The summed E-state index contributed by atoms with van der Waals surface area (Å²) in [6.45, 7) is 4.40. The fourth-order valence-electron chi connectivity index (χ4n) is 8.32. The molecule has 0 aliphatic heterocycles. The normalized spacial score (nSPS) is 13.5. The Bertz CT molecular complexity index is 1260. The molecular formula is C59H113NO8P+. The number of hydrogen-bond acceptors (Lipinski definition) is 7. The van der Waals surface area contributed by atoms with Crippen molar-refractivity contribution >= 4 is 19.8 Å². The number of likely N-dealkylation sites (N-methyl/N-ethyl adjacent to an activating group) is 1. The Kier molecular flexibility index (Phi) is 49.8. The highest BCUT2D eigenvalue weighted by atomic mass is 31.2. The number of allylic oxidation sites excluding steroid dienone is 6. The first-order valence-corrected chi connectivity index (χ1v) is 30.7. The Morgan fingerprint density at radius 2 is 0.797 bits per heavy atom. The van der Waals surface area contributed by atoms with Crippen LogP contribution in [0.15, 0.2) is 36.5 Å². The van der Waals surface area contributed by atoms with E-state index in [1.165, 1.54) is 180 Å². The van der Waals surface area contributed by atoms with Crippen LogP contribution in [-0.2, 0) is 32.7 Å². The van der Waals surface area contributed by atoms with E-state index in [2.05, 4.69) is 50.3 Å². The minimum absolute atomic E-state index is 0.0299. The van der Waals surface area contributed by atoms with Gasteiger partial charge in [0, 0.05) is 12.8 Å². The van der Waals surface area contributed by atoms with E-state index in [9.17, 15) is 19.0 Å². The molecule has 9 nitrogen and oxygen atoms in total. The summed E-state index contributed by atoms with van der Waals surface area (Å²) >= 11 is 0. The first-order chi connectivity index (χ1) is 33.5. The van der Waals surface area contributed by atoms with Gasteiger partial charge in [0.1, 0.15) is 19.8 Å². The van der Waals surface area contributed by atoms with Crippen LogP contribution in [0.2, 0.25) is 0 Å². The van der Waals surface area contributed by atoms with Crippen molar-refractivity contribution < 1.29 is 42.1 Å². The van der Waals surface area contributed by atoms with Crippen molar-refractivity contribution in [2.24, 2.45) is 0 Å². The van der Waals surface area contributed by atoms with Crippen LogP contribution in [0.1, 0.15) is 277 Å². The van der Waals surface area contributed by atoms with E-state index >= 15 is 0 Å². The van der Waals surface area contributed by atoms with Crippen LogP contribution < -0.4 is 0 Å². The highest BCUT2D eigenvalue weighted by Gasteiger charge is 2.27. The SMILES string of the molecule is CCCC/C=C\C/C=C\CCCCCCCC(=O)OC(COC(=O)CCCCCCCCCCCCCCCCCCCCC/C=C\CCCCCCCCCC)COP(=O)(O)OCC[N+](C)(C)C. The van der Waals surface area contributed by atoms with E-state index in [-0.39, 0.29) is 32.0 Å². The van der Waals surface area contributed by atoms with Crippen molar-refractivity contribution in [2.75, 3.05) is 47.5 Å². The maximum Gasteiger partial charge on any atom is 0.472 e. The van der Waals surface area contributed by atoms with E-state index in [1.807, 2.05) is 21.1 Å². The second-order valence-corrected chi connectivity index (χ2v) is 22.5. The van der Waals surface area contributed by atoms with Gasteiger partial charge in [-0.3, -0.25) is 18.6 Å². The van der Waals surface area contributed by atoms with Gasteiger partial charge in [-0.05, 0) is 64.2 Å². The molecule has 0 rings (SSSR count). The summed E-state index contributed by atoms with van der Waals surface area (Å²) in [6, 6.07) is 0. The Balaban J connectivity index is 4.00. The van der Waals surface area contributed by atoms with Crippen molar-refractivity contribution in [2.45, 2.75) is 283 Å². The summed E-state index contributed by atoms with van der Waals surface area (Å²) < 4.78 is 34.5. The van der Waals surface area contributed by atoms with Gasteiger partial charge in [0.05, 0.1) is 27.7 Å². The number of carbonyl (C=O) groups excluding carboxylic acids is 2. The second kappa shape index (κ2) is 51.1. The Hall–Kier alpha value is -1.77. The molecule has 2 atom stereocenters. The third kappa shape index (κ3) is 55.4. The predicted octanol–water partition coefficient (Wildman–Crippen LogP) is 18.0. The number of nitrogens with zero attached hydrogens (tertiary/aromatic N) is 1. The van der Waals surface area contributed by atoms with Crippen LogP contribution in [0, 0.1) is 0 Å². The third-order valence-corrected chi connectivity index (χ3v) is 13.9. The average Bonchev–Trinajstić information content (AvgIpc) is 3.31. The number of phosphoric ester groups is 1. The van der Waals surface area contributed by atoms with Crippen LogP contribution in [-0.4, -0.2) is 74.9 Å². The summed E-state index contributed by atoms with van der Waals surface area (Å²) in [7, 11) is 1.48. The van der Waals surface area contributed by atoms with Crippen molar-refractivity contribution in [3.63, 3.8) is 0 Å². The van der Waals surface area contributed by atoms with Gasteiger partial charge in [0.15, 0.2) is 6.10 Å². The van der Waals surface area contributed by atoms with Gasteiger partial charge in [-0.1, -0.05) is 237 Å². The second-order valence-electron chi connectivity index (χ2n) is 21.0. The first kappa shape index (κ1) is 67.2. The lowest BCUT2D eigenvalue weighted by molar-refractivity contribution is -0.870. The molecule has 0 heterocycles. The standard InChI is InChI=1S/C59H112NO8P/c1-6-8-10-12-14-16-18-20-22-23-24-25-26-27-28-29-30-31-32-33-34-35-36-37-38-40-41-43-45-47-49-51-58(61)65-55-57(56-67-69(63,64)66-54-53-60(3,4)5)68-59(62)52-50-48-46-44-42-39-21-19-17-15-13-11-9-7-2/h13,15,19,21,23-24,57H,6-12,14,16-18,20,22,25-56H2,1-5H3/p+1/b15-13-,21-19-,24-23-. The quantitative estimate of drug-likeness (QED) is 0.0211.